The molecule has 0 aliphatic heterocycles. The van der Waals surface area contributed by atoms with Gasteiger partial charge in [-0.3, -0.25) is 10.00 Å². The van der Waals surface area contributed by atoms with E-state index in [2.05, 4.69) is 25.8 Å². The lowest BCUT2D eigenvalue weighted by atomic mass is 10.2. The molecule has 0 aliphatic carbocycles. The first-order valence-corrected chi connectivity index (χ1v) is 14.1. The lowest BCUT2D eigenvalue weighted by molar-refractivity contribution is 0.162. The van der Waals surface area contributed by atoms with Gasteiger partial charge in [0.25, 0.3) is 0 Å². The summed E-state index contributed by atoms with van der Waals surface area (Å²) in [6, 6.07) is 12.2. The molecule has 2 aromatic carbocycles. The van der Waals surface area contributed by atoms with Gasteiger partial charge in [0.05, 0.1) is 42.5 Å². The van der Waals surface area contributed by atoms with Gasteiger partial charge < -0.3 is 10.1 Å². The highest BCUT2D eigenvalue weighted by molar-refractivity contribution is 7.90. The number of fused-ring (bicyclic) bond motifs is 2. The number of carbonyl (C=O) groups is 1. The average Bonchev–Trinajstić information content (AvgIpc) is 3.42. The van der Waals surface area contributed by atoms with E-state index in [-0.39, 0.29) is 24.6 Å². The van der Waals surface area contributed by atoms with Gasteiger partial charge in [-0.25, -0.2) is 27.1 Å². The summed E-state index contributed by atoms with van der Waals surface area (Å²) < 4.78 is 44.5. The maximum absolute atomic E-state index is 13.6. The van der Waals surface area contributed by atoms with Crippen LogP contribution in [0.25, 0.3) is 16.4 Å². The number of aromatic nitrogens is 5. The smallest absolute Gasteiger partial charge is 0.411 e. The molecule has 0 unspecified atom stereocenters. The normalized spacial score (nSPS) is 11.7. The van der Waals surface area contributed by atoms with E-state index in [1.165, 1.54) is 18.5 Å². The molecular weight excluding hydrogens is 525 g/mol. The third kappa shape index (κ3) is 6.14. The number of rotatable bonds is 9. The molecule has 1 amide bonds. The quantitative estimate of drug-likeness (QED) is 0.259. The number of halogens is 1. The summed E-state index contributed by atoms with van der Waals surface area (Å²) in [5.41, 5.74) is 4.35. The fraction of sp³-hybridized carbons (Fsp3) is 0.231. The first kappa shape index (κ1) is 26.1. The molecule has 3 aromatic heterocycles. The fourth-order valence-electron chi connectivity index (χ4n) is 4.25. The van der Waals surface area contributed by atoms with Gasteiger partial charge in [0.1, 0.15) is 27.5 Å². The number of hydrogen-bond donors (Lipinski definition) is 2. The molecule has 5 aromatic rings. The van der Waals surface area contributed by atoms with Crippen LogP contribution >= 0.6 is 0 Å². The highest BCUT2D eigenvalue weighted by atomic mass is 32.2. The minimum Gasteiger partial charge on any atom is -0.449 e. The van der Waals surface area contributed by atoms with Crippen molar-refractivity contribution in [1.29, 1.82) is 0 Å². The van der Waals surface area contributed by atoms with Gasteiger partial charge in [-0.2, -0.15) is 10.2 Å². The Hall–Kier alpha value is -4.52. The van der Waals surface area contributed by atoms with Crippen LogP contribution in [0.3, 0.4) is 0 Å². The number of benzene rings is 2. The number of amides is 1. The first-order valence-electron chi connectivity index (χ1n) is 12.1. The number of nitrogens with one attached hydrogen (secondary N) is 2. The van der Waals surface area contributed by atoms with Crippen LogP contribution in [-0.4, -0.2) is 57.5 Å². The highest BCUT2D eigenvalue weighted by Gasteiger charge is 2.16. The van der Waals surface area contributed by atoms with Crippen LogP contribution in [0.15, 0.2) is 61.2 Å². The number of nitrogens with zero attached hydrogens (tertiary/aromatic N) is 5. The van der Waals surface area contributed by atoms with E-state index in [9.17, 15) is 17.6 Å². The molecule has 0 spiro atoms. The first-order chi connectivity index (χ1) is 18.7. The molecule has 2 N–H and O–H groups in total. The third-order valence-electron chi connectivity index (χ3n) is 6.08. The molecule has 5 rings (SSSR count). The monoisotopic (exact) mass is 551 g/mol. The van der Waals surface area contributed by atoms with Gasteiger partial charge in [-0.05, 0) is 49.2 Å². The van der Waals surface area contributed by atoms with Gasteiger partial charge in [0.15, 0.2) is 5.82 Å². The van der Waals surface area contributed by atoms with E-state index in [1.807, 2.05) is 35.9 Å². The Morgan fingerprint density at radius 2 is 2.00 bits per heavy atom. The van der Waals surface area contributed by atoms with Crippen LogP contribution < -0.4 is 10.6 Å². The fourth-order valence-corrected chi connectivity index (χ4v) is 4.89. The predicted molar refractivity (Wildman–Crippen MR) is 146 cm³/mol. The zero-order valence-electron chi connectivity index (χ0n) is 21.3. The number of ether oxygens (including phenoxy) is 1. The number of carbonyl (C=O) groups excluding carboxylic acids is 1. The minimum atomic E-state index is -3.12. The zero-order valence-corrected chi connectivity index (χ0v) is 22.1. The molecule has 0 radical (unpaired) electrons. The van der Waals surface area contributed by atoms with Crippen LogP contribution in [0.5, 0.6) is 0 Å². The Morgan fingerprint density at radius 3 is 2.79 bits per heavy atom. The van der Waals surface area contributed by atoms with Crippen molar-refractivity contribution in [3.8, 4) is 0 Å². The van der Waals surface area contributed by atoms with E-state index < -0.39 is 15.9 Å². The van der Waals surface area contributed by atoms with Crippen LogP contribution in [0, 0.1) is 12.7 Å². The summed E-state index contributed by atoms with van der Waals surface area (Å²) in [6.45, 7) is 2.25. The van der Waals surface area contributed by atoms with Crippen LogP contribution in [0.4, 0.5) is 26.4 Å². The second kappa shape index (κ2) is 10.7. The molecule has 0 bridgehead atoms. The summed E-state index contributed by atoms with van der Waals surface area (Å²) in [7, 11) is -3.12. The molecule has 202 valence electrons. The average molecular weight is 552 g/mol. The third-order valence-corrected chi connectivity index (χ3v) is 7.11. The number of aryl methyl sites for hydroxylation is 1. The summed E-state index contributed by atoms with van der Waals surface area (Å²) in [6.07, 6.45) is 5.46. The van der Waals surface area contributed by atoms with Gasteiger partial charge in [0.2, 0.25) is 0 Å². The molecule has 39 heavy (non-hydrogen) atoms. The number of hydrogen-bond acceptors (Lipinski definition) is 8. The van der Waals surface area contributed by atoms with Gasteiger partial charge in [-0.1, -0.05) is 12.1 Å². The van der Waals surface area contributed by atoms with Gasteiger partial charge in [-0.15, -0.1) is 0 Å². The van der Waals surface area contributed by atoms with Crippen molar-refractivity contribution in [2.45, 2.75) is 19.9 Å². The predicted octanol–water partition coefficient (Wildman–Crippen LogP) is 4.30. The summed E-state index contributed by atoms with van der Waals surface area (Å²) in [5, 5.41) is 15.6. The molecule has 13 heteroatoms. The summed E-state index contributed by atoms with van der Waals surface area (Å²) >= 11 is 0. The van der Waals surface area contributed by atoms with E-state index in [1.54, 1.807) is 23.0 Å². The van der Waals surface area contributed by atoms with Gasteiger partial charge in [0, 0.05) is 22.9 Å². The van der Waals surface area contributed by atoms with Gasteiger partial charge >= 0.3 is 6.09 Å². The second-order valence-electron chi connectivity index (χ2n) is 9.14. The standard InChI is InChI=1S/C26H26FN7O4S/c1-17-22(32-26(35)38-9-4-10-39(2,36)37)15-34-24(17)25(28-16-30-34)31-21-7-8-23-19(12-21)13-29-33(23)14-18-5-3-6-20(27)11-18/h3,5-8,11-13,15-16H,4,9-10,14H2,1-2H3,(H,32,35)(H,28,30,31). The highest BCUT2D eigenvalue weighted by Crippen LogP contribution is 2.29. The molecule has 0 atom stereocenters. The maximum Gasteiger partial charge on any atom is 0.411 e. The zero-order chi connectivity index (χ0) is 27.6. The van der Waals surface area contributed by atoms with E-state index in [0.717, 1.165) is 34.0 Å². The Labute approximate surface area is 223 Å². The van der Waals surface area contributed by atoms with Crippen molar-refractivity contribution >= 4 is 49.5 Å². The lowest BCUT2D eigenvalue weighted by Gasteiger charge is -2.09. The lowest BCUT2D eigenvalue weighted by Crippen LogP contribution is -2.16. The molecular formula is C26H26FN7O4S. The van der Waals surface area contributed by atoms with Crippen LogP contribution in [0.2, 0.25) is 0 Å². The summed E-state index contributed by atoms with van der Waals surface area (Å²) in [5.74, 6) is 0.190. The molecule has 0 saturated heterocycles. The summed E-state index contributed by atoms with van der Waals surface area (Å²) in [4.78, 5) is 16.6. The Kier molecular flexibility index (Phi) is 7.15. The molecule has 0 aliphatic rings. The largest absolute Gasteiger partial charge is 0.449 e. The molecule has 11 nitrogen and oxygen atoms in total. The van der Waals surface area contributed by atoms with Crippen molar-refractivity contribution in [2.75, 3.05) is 29.2 Å². The SMILES string of the molecule is Cc1c(NC(=O)OCCCS(C)(=O)=O)cn2ncnc(Nc3ccc4c(cnn4Cc4cccc(F)c4)c3)c12. The number of anilines is 3. The van der Waals surface area contributed by atoms with Crippen molar-refractivity contribution in [1.82, 2.24) is 24.4 Å². The van der Waals surface area contributed by atoms with Crippen molar-refractivity contribution in [3.05, 3.63) is 78.1 Å². The van der Waals surface area contributed by atoms with E-state index in [4.69, 9.17) is 4.74 Å². The maximum atomic E-state index is 13.6. The molecule has 3 heterocycles. The van der Waals surface area contributed by atoms with E-state index in [0.29, 0.717) is 23.6 Å². The Balaban J connectivity index is 1.31. The van der Waals surface area contributed by atoms with Crippen LogP contribution in [-0.2, 0) is 21.1 Å². The minimum absolute atomic E-state index is 0.0147. The van der Waals surface area contributed by atoms with Crippen molar-refractivity contribution in [3.63, 3.8) is 0 Å². The van der Waals surface area contributed by atoms with Crippen molar-refractivity contribution < 1.29 is 22.3 Å². The Morgan fingerprint density at radius 1 is 1.15 bits per heavy atom. The van der Waals surface area contributed by atoms with Crippen molar-refractivity contribution in [2.24, 2.45) is 0 Å². The molecule has 0 saturated carbocycles. The Bertz CT molecular complexity index is 1780. The van der Waals surface area contributed by atoms with Crippen LogP contribution in [0.1, 0.15) is 17.5 Å². The second-order valence-corrected chi connectivity index (χ2v) is 11.4. The topological polar surface area (TPSA) is 133 Å². The van der Waals surface area contributed by atoms with E-state index >= 15 is 0 Å². The molecule has 0 fully saturated rings. The number of sulfone groups is 1.